The van der Waals surface area contributed by atoms with Crippen LogP contribution in [0, 0.1) is 6.92 Å². The Kier molecular flexibility index (Phi) is 3.97. The third-order valence-electron chi connectivity index (χ3n) is 2.72. The van der Waals surface area contributed by atoms with E-state index in [0.29, 0.717) is 12.3 Å². The maximum absolute atomic E-state index is 11.5. The molecule has 1 heterocycles. The molecule has 0 unspecified atom stereocenters. The summed E-state index contributed by atoms with van der Waals surface area (Å²) in [5, 5.41) is 13.2. The van der Waals surface area contributed by atoms with Crippen LogP contribution in [0.4, 0.5) is 0 Å². The van der Waals surface area contributed by atoms with Crippen LogP contribution in [0.15, 0.2) is 35.1 Å². The largest absolute Gasteiger partial charge is 0.494 e. The molecule has 100 valence electrons. The minimum Gasteiger partial charge on any atom is -0.494 e. The van der Waals surface area contributed by atoms with Crippen molar-refractivity contribution in [2.24, 2.45) is 0 Å². The highest BCUT2D eigenvalue weighted by Gasteiger charge is 2.06. The molecule has 5 heteroatoms. The van der Waals surface area contributed by atoms with Gasteiger partial charge in [-0.15, -0.1) is 0 Å². The minimum absolute atomic E-state index is 0.138. The van der Waals surface area contributed by atoms with Crippen molar-refractivity contribution < 1.29 is 9.84 Å². The van der Waals surface area contributed by atoms with Gasteiger partial charge in [0, 0.05) is 11.8 Å². The lowest BCUT2D eigenvalue weighted by Crippen LogP contribution is -2.18. The Morgan fingerprint density at radius 3 is 2.58 bits per heavy atom. The first-order chi connectivity index (χ1) is 9.15. The molecule has 0 fully saturated rings. The highest BCUT2D eigenvalue weighted by atomic mass is 16.5. The fourth-order valence-electron chi connectivity index (χ4n) is 1.80. The number of benzene rings is 1. The summed E-state index contributed by atoms with van der Waals surface area (Å²) in [5.41, 5.74) is 1.42. The summed E-state index contributed by atoms with van der Waals surface area (Å²) in [7, 11) is 0. The molecule has 0 radical (unpaired) electrons. The topological polar surface area (TPSA) is 64.3 Å². The molecule has 0 saturated carbocycles. The number of hydrogen-bond acceptors (Lipinski definition) is 4. The second-order valence-corrected chi connectivity index (χ2v) is 4.09. The maximum atomic E-state index is 11.5. The number of aromatic nitrogens is 2. The lowest BCUT2D eigenvalue weighted by atomic mass is 10.2. The van der Waals surface area contributed by atoms with Gasteiger partial charge in [0.05, 0.1) is 18.9 Å². The number of ether oxygens (including phenoxy) is 1. The summed E-state index contributed by atoms with van der Waals surface area (Å²) in [5.74, 6) is 0.785. The van der Waals surface area contributed by atoms with Gasteiger partial charge in [-0.2, -0.15) is 5.10 Å². The molecule has 1 N–H and O–H groups in total. The van der Waals surface area contributed by atoms with Crippen molar-refractivity contribution >= 4 is 0 Å². The fourth-order valence-corrected chi connectivity index (χ4v) is 1.80. The van der Waals surface area contributed by atoms with Gasteiger partial charge in [-0.3, -0.25) is 4.79 Å². The first kappa shape index (κ1) is 13.3. The van der Waals surface area contributed by atoms with Gasteiger partial charge >= 0.3 is 0 Å². The minimum atomic E-state index is -0.365. The molecule has 0 spiro atoms. The smallest absolute Gasteiger partial charge is 0.206 e. The van der Waals surface area contributed by atoms with Crippen molar-refractivity contribution in [3.8, 4) is 11.4 Å². The molecule has 2 rings (SSSR count). The summed E-state index contributed by atoms with van der Waals surface area (Å²) < 4.78 is 7.00. The molecule has 0 amide bonds. The number of aliphatic hydroxyl groups excluding tert-OH is 1. The van der Waals surface area contributed by atoms with Crippen LogP contribution in [0.3, 0.4) is 0 Å². The molecule has 0 bridgehead atoms. The second-order valence-electron chi connectivity index (χ2n) is 4.09. The van der Waals surface area contributed by atoms with E-state index in [1.165, 1.54) is 6.07 Å². The van der Waals surface area contributed by atoms with Crippen LogP contribution in [0.25, 0.3) is 5.69 Å². The standard InChI is InChI=1S/C14H16N2O3/c1-3-19-12-6-4-11(5-7-12)16-10(2)8-14(18)13(9-17)15-16/h4-8,17H,3,9H2,1-2H3. The molecule has 2 aromatic rings. The van der Waals surface area contributed by atoms with Crippen molar-refractivity contribution in [1.82, 2.24) is 9.78 Å². The number of aliphatic hydroxyl groups is 1. The predicted octanol–water partition coefficient (Wildman–Crippen LogP) is 1.43. The van der Waals surface area contributed by atoms with Crippen molar-refractivity contribution in [2.75, 3.05) is 6.61 Å². The average Bonchev–Trinajstić information content (AvgIpc) is 2.41. The highest BCUT2D eigenvalue weighted by Crippen LogP contribution is 2.15. The van der Waals surface area contributed by atoms with Crippen molar-refractivity contribution in [2.45, 2.75) is 20.5 Å². The summed E-state index contributed by atoms with van der Waals surface area (Å²) >= 11 is 0. The van der Waals surface area contributed by atoms with Gasteiger partial charge in [0.1, 0.15) is 11.4 Å². The Morgan fingerprint density at radius 1 is 1.32 bits per heavy atom. The number of nitrogens with zero attached hydrogens (tertiary/aromatic N) is 2. The van der Waals surface area contributed by atoms with E-state index in [9.17, 15) is 4.79 Å². The number of hydrogen-bond donors (Lipinski definition) is 1. The summed E-state index contributed by atoms with van der Waals surface area (Å²) in [6.45, 7) is 3.97. The quantitative estimate of drug-likeness (QED) is 0.903. The molecular weight excluding hydrogens is 244 g/mol. The van der Waals surface area contributed by atoms with Gasteiger partial charge in [-0.25, -0.2) is 4.68 Å². The zero-order valence-electron chi connectivity index (χ0n) is 11.0. The summed E-state index contributed by atoms with van der Waals surface area (Å²) in [6.07, 6.45) is 0. The predicted molar refractivity (Wildman–Crippen MR) is 71.7 cm³/mol. The second kappa shape index (κ2) is 5.67. The SMILES string of the molecule is CCOc1ccc(-n2nc(CO)c(=O)cc2C)cc1. The van der Waals surface area contributed by atoms with E-state index in [1.54, 1.807) is 11.6 Å². The van der Waals surface area contributed by atoms with Crippen LogP contribution < -0.4 is 10.2 Å². The van der Waals surface area contributed by atoms with Crippen LogP contribution in [-0.4, -0.2) is 21.5 Å². The van der Waals surface area contributed by atoms with Crippen molar-refractivity contribution in [3.05, 3.63) is 51.9 Å². The normalized spacial score (nSPS) is 10.5. The number of rotatable bonds is 4. The Bertz CT molecular complexity index is 618. The van der Waals surface area contributed by atoms with Crippen LogP contribution in [-0.2, 0) is 6.61 Å². The van der Waals surface area contributed by atoms with Crippen molar-refractivity contribution in [3.63, 3.8) is 0 Å². The molecule has 0 saturated heterocycles. The molecule has 1 aromatic heterocycles. The Labute approximate surface area is 111 Å². The first-order valence-electron chi connectivity index (χ1n) is 6.09. The lowest BCUT2D eigenvalue weighted by Gasteiger charge is -2.11. The van der Waals surface area contributed by atoms with Gasteiger partial charge in [0.2, 0.25) is 5.43 Å². The Hall–Kier alpha value is -2.14. The molecule has 5 nitrogen and oxygen atoms in total. The lowest BCUT2D eigenvalue weighted by molar-refractivity contribution is 0.273. The van der Waals surface area contributed by atoms with Gasteiger partial charge in [0.25, 0.3) is 0 Å². The van der Waals surface area contributed by atoms with Gasteiger partial charge in [-0.1, -0.05) is 0 Å². The Morgan fingerprint density at radius 2 is 2.00 bits per heavy atom. The Balaban J connectivity index is 2.43. The molecular formula is C14H16N2O3. The van der Waals surface area contributed by atoms with E-state index in [-0.39, 0.29) is 17.7 Å². The van der Waals surface area contributed by atoms with Crippen molar-refractivity contribution in [1.29, 1.82) is 0 Å². The van der Waals surface area contributed by atoms with Crippen LogP contribution in [0.1, 0.15) is 18.3 Å². The van der Waals surface area contributed by atoms with Crippen LogP contribution in [0.2, 0.25) is 0 Å². The van der Waals surface area contributed by atoms with E-state index in [2.05, 4.69) is 5.10 Å². The number of aryl methyl sites for hydroxylation is 1. The van der Waals surface area contributed by atoms with Crippen LogP contribution in [0.5, 0.6) is 5.75 Å². The van der Waals surface area contributed by atoms with E-state index in [4.69, 9.17) is 9.84 Å². The van der Waals surface area contributed by atoms with E-state index < -0.39 is 0 Å². The molecule has 1 aromatic carbocycles. The third kappa shape index (κ3) is 2.82. The molecule has 0 aliphatic carbocycles. The molecule has 0 aliphatic rings. The van der Waals surface area contributed by atoms with Gasteiger partial charge in [-0.05, 0) is 38.1 Å². The zero-order valence-corrected chi connectivity index (χ0v) is 11.0. The summed E-state index contributed by atoms with van der Waals surface area (Å²) in [4.78, 5) is 11.5. The first-order valence-corrected chi connectivity index (χ1v) is 6.09. The van der Waals surface area contributed by atoms with Crippen LogP contribution >= 0.6 is 0 Å². The monoisotopic (exact) mass is 260 g/mol. The van der Waals surface area contributed by atoms with E-state index >= 15 is 0 Å². The van der Waals surface area contributed by atoms with E-state index in [0.717, 1.165) is 11.4 Å². The summed E-state index contributed by atoms with van der Waals surface area (Å²) in [6, 6.07) is 8.87. The molecule has 0 aliphatic heterocycles. The zero-order chi connectivity index (χ0) is 13.8. The molecule has 19 heavy (non-hydrogen) atoms. The van der Waals surface area contributed by atoms with Gasteiger partial charge in [0.15, 0.2) is 0 Å². The van der Waals surface area contributed by atoms with Gasteiger partial charge < -0.3 is 9.84 Å². The molecule has 0 atom stereocenters. The average molecular weight is 260 g/mol. The maximum Gasteiger partial charge on any atom is 0.206 e. The fraction of sp³-hybridized carbons (Fsp3) is 0.286. The van der Waals surface area contributed by atoms with E-state index in [1.807, 2.05) is 31.2 Å². The third-order valence-corrected chi connectivity index (χ3v) is 2.72. The highest BCUT2D eigenvalue weighted by molar-refractivity contribution is 5.37.